The number of para-hydroxylation sites is 1. The number of benzene rings is 2. The molecule has 0 radical (unpaired) electrons. The van der Waals surface area contributed by atoms with Gasteiger partial charge in [-0.25, -0.2) is 13.1 Å². The molecule has 0 fully saturated rings. The molecule has 0 aliphatic rings. The summed E-state index contributed by atoms with van der Waals surface area (Å²) >= 11 is 0. The van der Waals surface area contributed by atoms with Crippen LogP contribution >= 0.6 is 0 Å². The van der Waals surface area contributed by atoms with Crippen molar-refractivity contribution >= 4 is 15.9 Å². The molecule has 0 aromatic heterocycles. The molecule has 0 aliphatic carbocycles. The van der Waals surface area contributed by atoms with Gasteiger partial charge in [-0.05, 0) is 45.0 Å². The molecule has 28 heavy (non-hydrogen) atoms. The van der Waals surface area contributed by atoms with E-state index in [1.54, 1.807) is 19.1 Å². The minimum Gasteiger partial charge on any atom is -0.496 e. The predicted molar refractivity (Wildman–Crippen MR) is 107 cm³/mol. The second-order valence-electron chi connectivity index (χ2n) is 6.58. The SMILES string of the molecule is COc1ccc(S(=O)(=O)N[C@H](C)c2ccccc2OC)cc1C(=O)NC(C)C. The Bertz CT molecular complexity index is 941. The molecule has 7 nitrogen and oxygen atoms in total. The first kappa shape index (κ1) is 21.7. The van der Waals surface area contributed by atoms with Crippen LogP contribution in [0.1, 0.15) is 42.7 Å². The molecule has 2 aromatic rings. The summed E-state index contributed by atoms with van der Waals surface area (Å²) in [7, 11) is -0.924. The van der Waals surface area contributed by atoms with Crippen LogP contribution in [0.25, 0.3) is 0 Å². The van der Waals surface area contributed by atoms with Crippen molar-refractivity contribution < 1.29 is 22.7 Å². The number of methoxy groups -OCH3 is 2. The topological polar surface area (TPSA) is 93.7 Å². The molecule has 2 N–H and O–H groups in total. The Labute approximate surface area is 166 Å². The standard InChI is InChI=1S/C20H26N2O5S/c1-13(2)21-20(23)17-12-15(10-11-19(17)27-5)28(24,25)22-14(3)16-8-6-7-9-18(16)26-4/h6-14,22H,1-5H3,(H,21,23)/t14-/m1/s1. The molecule has 0 aliphatic heterocycles. The molecular formula is C20H26N2O5S. The smallest absolute Gasteiger partial charge is 0.255 e. The number of rotatable bonds is 8. The van der Waals surface area contributed by atoms with Gasteiger partial charge in [-0.1, -0.05) is 18.2 Å². The zero-order valence-electron chi connectivity index (χ0n) is 16.6. The number of carbonyl (C=O) groups excluding carboxylic acids is 1. The van der Waals surface area contributed by atoms with Gasteiger partial charge in [-0.2, -0.15) is 0 Å². The number of amides is 1. The fourth-order valence-corrected chi connectivity index (χ4v) is 4.01. The van der Waals surface area contributed by atoms with Gasteiger partial charge in [0.2, 0.25) is 10.0 Å². The zero-order valence-corrected chi connectivity index (χ0v) is 17.5. The molecule has 0 bridgehead atoms. The highest BCUT2D eigenvalue weighted by atomic mass is 32.2. The van der Waals surface area contributed by atoms with Crippen LogP contribution in [0.2, 0.25) is 0 Å². The molecule has 0 saturated carbocycles. The first-order chi connectivity index (χ1) is 13.2. The van der Waals surface area contributed by atoms with E-state index in [0.29, 0.717) is 17.1 Å². The first-order valence-electron chi connectivity index (χ1n) is 8.83. The lowest BCUT2D eigenvalue weighted by Crippen LogP contribution is -2.31. The van der Waals surface area contributed by atoms with Gasteiger partial charge in [0.05, 0.1) is 24.7 Å². The van der Waals surface area contributed by atoms with E-state index in [-0.39, 0.29) is 16.5 Å². The summed E-state index contributed by atoms with van der Waals surface area (Å²) in [6.07, 6.45) is 0. The summed E-state index contributed by atoms with van der Waals surface area (Å²) in [5.74, 6) is 0.487. The molecule has 1 amide bonds. The van der Waals surface area contributed by atoms with E-state index in [1.165, 1.54) is 32.4 Å². The molecule has 8 heteroatoms. The van der Waals surface area contributed by atoms with Crippen molar-refractivity contribution in [2.75, 3.05) is 14.2 Å². The Hall–Kier alpha value is -2.58. The van der Waals surface area contributed by atoms with Gasteiger partial charge in [0.25, 0.3) is 5.91 Å². The van der Waals surface area contributed by atoms with Crippen molar-refractivity contribution in [1.82, 2.24) is 10.0 Å². The quantitative estimate of drug-likeness (QED) is 0.703. The van der Waals surface area contributed by atoms with Gasteiger partial charge in [-0.15, -0.1) is 0 Å². The predicted octanol–water partition coefficient (Wildman–Crippen LogP) is 2.88. The monoisotopic (exact) mass is 406 g/mol. The van der Waals surface area contributed by atoms with Crippen LogP contribution in [0.5, 0.6) is 11.5 Å². The maximum atomic E-state index is 12.9. The van der Waals surface area contributed by atoms with Crippen molar-refractivity contribution in [3.05, 3.63) is 53.6 Å². The second-order valence-corrected chi connectivity index (χ2v) is 8.29. The lowest BCUT2D eigenvalue weighted by atomic mass is 10.1. The second kappa shape index (κ2) is 9.07. The van der Waals surface area contributed by atoms with Gasteiger partial charge in [0.1, 0.15) is 11.5 Å². The first-order valence-corrected chi connectivity index (χ1v) is 10.3. The van der Waals surface area contributed by atoms with Crippen molar-refractivity contribution in [2.45, 2.75) is 37.8 Å². The van der Waals surface area contributed by atoms with E-state index in [2.05, 4.69) is 10.0 Å². The molecule has 2 aromatic carbocycles. The summed E-state index contributed by atoms with van der Waals surface area (Å²) in [5.41, 5.74) is 0.865. The van der Waals surface area contributed by atoms with Gasteiger partial charge in [0.15, 0.2) is 0 Å². The van der Waals surface area contributed by atoms with Crippen LogP contribution in [0, 0.1) is 0 Å². The van der Waals surface area contributed by atoms with E-state index in [4.69, 9.17) is 9.47 Å². The Balaban J connectivity index is 2.36. The normalized spacial score (nSPS) is 12.5. The summed E-state index contributed by atoms with van der Waals surface area (Å²) in [6, 6.07) is 10.7. The van der Waals surface area contributed by atoms with Crippen molar-refractivity contribution in [1.29, 1.82) is 0 Å². The van der Waals surface area contributed by atoms with E-state index in [0.717, 1.165) is 0 Å². The number of hydrogen-bond acceptors (Lipinski definition) is 5. The van der Waals surface area contributed by atoms with Crippen LogP contribution in [-0.2, 0) is 10.0 Å². The molecule has 152 valence electrons. The van der Waals surface area contributed by atoms with Crippen molar-refractivity contribution in [3.63, 3.8) is 0 Å². The maximum absolute atomic E-state index is 12.9. The molecule has 1 atom stereocenters. The zero-order chi connectivity index (χ0) is 20.9. The highest BCUT2D eigenvalue weighted by Crippen LogP contribution is 2.27. The van der Waals surface area contributed by atoms with Crippen LogP contribution in [0.15, 0.2) is 47.4 Å². The Morgan fingerprint density at radius 1 is 0.964 bits per heavy atom. The number of hydrogen-bond donors (Lipinski definition) is 2. The minimum atomic E-state index is -3.88. The minimum absolute atomic E-state index is 0.0241. The van der Waals surface area contributed by atoms with Gasteiger partial charge in [0, 0.05) is 17.6 Å². The number of nitrogens with one attached hydrogen (secondary N) is 2. The van der Waals surface area contributed by atoms with E-state index < -0.39 is 22.0 Å². The molecular weight excluding hydrogens is 380 g/mol. The van der Waals surface area contributed by atoms with E-state index >= 15 is 0 Å². The summed E-state index contributed by atoms with van der Waals surface area (Å²) in [5, 5.41) is 2.74. The number of carbonyl (C=O) groups is 1. The maximum Gasteiger partial charge on any atom is 0.255 e. The highest BCUT2D eigenvalue weighted by Gasteiger charge is 2.23. The highest BCUT2D eigenvalue weighted by molar-refractivity contribution is 7.89. The lowest BCUT2D eigenvalue weighted by Gasteiger charge is -2.18. The van der Waals surface area contributed by atoms with Gasteiger partial charge >= 0.3 is 0 Å². The summed E-state index contributed by atoms with van der Waals surface area (Å²) in [4.78, 5) is 12.4. The molecule has 2 rings (SSSR count). The van der Waals surface area contributed by atoms with Gasteiger partial charge < -0.3 is 14.8 Å². The van der Waals surface area contributed by atoms with Crippen LogP contribution in [0.4, 0.5) is 0 Å². The van der Waals surface area contributed by atoms with Crippen molar-refractivity contribution in [3.8, 4) is 11.5 Å². The Morgan fingerprint density at radius 2 is 1.61 bits per heavy atom. The van der Waals surface area contributed by atoms with Crippen LogP contribution in [-0.4, -0.2) is 34.6 Å². The number of ether oxygens (including phenoxy) is 2. The Morgan fingerprint density at radius 3 is 2.21 bits per heavy atom. The summed E-state index contributed by atoms with van der Waals surface area (Å²) < 4.78 is 38.9. The molecule has 0 saturated heterocycles. The third-order valence-electron chi connectivity index (χ3n) is 4.08. The van der Waals surface area contributed by atoms with Crippen LogP contribution in [0.3, 0.4) is 0 Å². The fourth-order valence-electron chi connectivity index (χ4n) is 2.76. The largest absolute Gasteiger partial charge is 0.496 e. The average Bonchev–Trinajstić information content (AvgIpc) is 2.66. The molecule has 0 spiro atoms. The number of sulfonamides is 1. The van der Waals surface area contributed by atoms with E-state index in [1.807, 2.05) is 26.0 Å². The average molecular weight is 407 g/mol. The lowest BCUT2D eigenvalue weighted by molar-refractivity contribution is 0.0940. The van der Waals surface area contributed by atoms with Crippen LogP contribution < -0.4 is 19.5 Å². The summed E-state index contributed by atoms with van der Waals surface area (Å²) in [6.45, 7) is 5.37. The third kappa shape index (κ3) is 5.02. The molecule has 0 unspecified atom stereocenters. The Kier molecular flexibility index (Phi) is 7.04. The fraction of sp³-hybridized carbons (Fsp3) is 0.350. The van der Waals surface area contributed by atoms with Gasteiger partial charge in [-0.3, -0.25) is 4.79 Å². The van der Waals surface area contributed by atoms with Crippen molar-refractivity contribution in [2.24, 2.45) is 0 Å². The molecule has 0 heterocycles. The van der Waals surface area contributed by atoms with E-state index in [9.17, 15) is 13.2 Å². The third-order valence-corrected chi connectivity index (χ3v) is 5.62.